The first-order chi connectivity index (χ1) is 13.3. The lowest BCUT2D eigenvalue weighted by Gasteiger charge is -2.36. The Labute approximate surface area is 169 Å². The number of fused-ring (bicyclic) bond motifs is 6. The van der Waals surface area contributed by atoms with Crippen LogP contribution in [0.15, 0.2) is 42.5 Å². The zero-order valence-corrected chi connectivity index (χ0v) is 17.0. The molecule has 1 amide bonds. The smallest absolute Gasteiger partial charge is 0.237 e. The SMILES string of the molecule is Cc1ccc(Cl)cc1NC(=O)C12CCC(c3nc4ccccc4nc31)C2(C)C. The zero-order chi connectivity index (χ0) is 19.7. The lowest BCUT2D eigenvalue weighted by Crippen LogP contribution is -2.46. The molecule has 1 aromatic heterocycles. The number of hydrogen-bond acceptors (Lipinski definition) is 3. The molecule has 1 fully saturated rings. The molecule has 1 N–H and O–H groups in total. The highest BCUT2D eigenvalue weighted by atomic mass is 35.5. The first kappa shape index (κ1) is 17.6. The van der Waals surface area contributed by atoms with Crippen molar-refractivity contribution < 1.29 is 4.79 Å². The number of benzene rings is 2. The van der Waals surface area contributed by atoms with Crippen LogP contribution in [0.4, 0.5) is 5.69 Å². The van der Waals surface area contributed by atoms with E-state index in [2.05, 4.69) is 19.2 Å². The molecule has 2 atom stereocenters. The van der Waals surface area contributed by atoms with Crippen molar-refractivity contribution in [2.24, 2.45) is 5.41 Å². The second-order valence-corrected chi connectivity index (χ2v) is 9.01. The van der Waals surface area contributed by atoms with Crippen molar-refractivity contribution in [3.8, 4) is 0 Å². The third kappa shape index (κ3) is 2.15. The fraction of sp³-hybridized carbons (Fsp3) is 0.348. The fourth-order valence-electron chi connectivity index (χ4n) is 5.29. The molecule has 28 heavy (non-hydrogen) atoms. The van der Waals surface area contributed by atoms with E-state index in [1.165, 1.54) is 0 Å². The number of hydrogen-bond donors (Lipinski definition) is 1. The van der Waals surface area contributed by atoms with Crippen LogP contribution >= 0.6 is 11.6 Å². The van der Waals surface area contributed by atoms with Crippen LogP contribution in [0.2, 0.25) is 5.02 Å². The summed E-state index contributed by atoms with van der Waals surface area (Å²) in [5, 5.41) is 3.78. The monoisotopic (exact) mass is 391 g/mol. The molecule has 0 saturated heterocycles. The highest BCUT2D eigenvalue weighted by molar-refractivity contribution is 6.31. The van der Waals surface area contributed by atoms with Crippen LogP contribution in [0.5, 0.6) is 0 Å². The molecule has 2 unspecified atom stereocenters. The van der Waals surface area contributed by atoms with Gasteiger partial charge >= 0.3 is 0 Å². The van der Waals surface area contributed by atoms with Crippen LogP contribution in [0, 0.1) is 12.3 Å². The van der Waals surface area contributed by atoms with Gasteiger partial charge in [-0.15, -0.1) is 0 Å². The van der Waals surface area contributed by atoms with Crippen LogP contribution < -0.4 is 5.32 Å². The Morgan fingerprint density at radius 3 is 2.61 bits per heavy atom. The highest BCUT2D eigenvalue weighted by Gasteiger charge is 2.67. The van der Waals surface area contributed by atoms with Gasteiger partial charge in [-0.25, -0.2) is 9.97 Å². The summed E-state index contributed by atoms with van der Waals surface area (Å²) in [6.07, 6.45) is 1.74. The predicted molar refractivity (Wildman–Crippen MR) is 112 cm³/mol. The molecule has 2 bridgehead atoms. The van der Waals surface area contributed by atoms with E-state index in [1.54, 1.807) is 0 Å². The minimum Gasteiger partial charge on any atom is -0.325 e. The van der Waals surface area contributed by atoms with Crippen molar-refractivity contribution in [3.05, 3.63) is 64.4 Å². The van der Waals surface area contributed by atoms with Gasteiger partial charge in [0.25, 0.3) is 0 Å². The van der Waals surface area contributed by atoms with E-state index in [-0.39, 0.29) is 17.2 Å². The topological polar surface area (TPSA) is 54.9 Å². The molecule has 2 aliphatic carbocycles. The van der Waals surface area contributed by atoms with Crippen LogP contribution in [0.3, 0.4) is 0 Å². The summed E-state index contributed by atoms with van der Waals surface area (Å²) in [6.45, 7) is 6.34. The largest absolute Gasteiger partial charge is 0.325 e. The van der Waals surface area contributed by atoms with Crippen molar-refractivity contribution in [3.63, 3.8) is 0 Å². The number of carbonyl (C=O) groups is 1. The van der Waals surface area contributed by atoms with Crippen molar-refractivity contribution in [1.29, 1.82) is 0 Å². The Morgan fingerprint density at radius 1 is 1.14 bits per heavy atom. The number of carbonyl (C=O) groups excluding carboxylic acids is 1. The van der Waals surface area contributed by atoms with Gasteiger partial charge in [0.1, 0.15) is 0 Å². The van der Waals surface area contributed by atoms with E-state index in [9.17, 15) is 4.79 Å². The number of rotatable bonds is 2. The summed E-state index contributed by atoms with van der Waals surface area (Å²) in [6, 6.07) is 13.5. The summed E-state index contributed by atoms with van der Waals surface area (Å²) in [4.78, 5) is 23.6. The van der Waals surface area contributed by atoms with Gasteiger partial charge in [0.05, 0.1) is 27.8 Å². The van der Waals surface area contributed by atoms with E-state index in [0.29, 0.717) is 5.02 Å². The van der Waals surface area contributed by atoms with Crippen molar-refractivity contribution in [1.82, 2.24) is 9.97 Å². The first-order valence-electron chi connectivity index (χ1n) is 9.69. The average molecular weight is 392 g/mol. The van der Waals surface area contributed by atoms with Crippen LogP contribution in [-0.4, -0.2) is 15.9 Å². The number of aryl methyl sites for hydroxylation is 1. The predicted octanol–water partition coefficient (Wildman–Crippen LogP) is 5.39. The van der Waals surface area contributed by atoms with Crippen molar-refractivity contribution >= 4 is 34.2 Å². The Bertz CT molecular complexity index is 1140. The second kappa shape index (κ2) is 5.77. The Kier molecular flexibility index (Phi) is 3.63. The summed E-state index contributed by atoms with van der Waals surface area (Å²) in [7, 11) is 0. The van der Waals surface area contributed by atoms with E-state index in [4.69, 9.17) is 21.6 Å². The molecular weight excluding hydrogens is 370 g/mol. The number of nitrogens with zero attached hydrogens (tertiary/aromatic N) is 2. The third-order valence-corrected chi connectivity index (χ3v) is 7.18. The maximum absolute atomic E-state index is 13.8. The lowest BCUT2D eigenvalue weighted by atomic mass is 9.67. The normalized spacial score (nSPS) is 24.4. The Balaban J connectivity index is 1.67. The number of amides is 1. The van der Waals surface area contributed by atoms with E-state index in [0.717, 1.165) is 46.5 Å². The Hall–Kier alpha value is -2.46. The van der Waals surface area contributed by atoms with E-state index < -0.39 is 5.41 Å². The lowest BCUT2D eigenvalue weighted by molar-refractivity contribution is -0.124. The van der Waals surface area contributed by atoms with Gasteiger partial charge in [-0.3, -0.25) is 4.79 Å². The van der Waals surface area contributed by atoms with E-state index >= 15 is 0 Å². The summed E-state index contributed by atoms with van der Waals surface area (Å²) < 4.78 is 0. The fourth-order valence-corrected chi connectivity index (χ4v) is 5.46. The minimum absolute atomic E-state index is 0.00584. The standard InChI is InChI=1S/C23H22ClN3O/c1-13-8-9-14(24)12-18(13)27-21(28)23-11-10-15(22(23,2)3)19-20(23)26-17-7-5-4-6-16(17)25-19/h4-9,12,15H,10-11H2,1-3H3,(H,27,28). The van der Waals surface area contributed by atoms with Gasteiger partial charge in [0.2, 0.25) is 5.91 Å². The van der Waals surface area contributed by atoms with Crippen LogP contribution in [0.25, 0.3) is 11.0 Å². The van der Waals surface area contributed by atoms with Crippen LogP contribution in [-0.2, 0) is 10.2 Å². The average Bonchev–Trinajstić information content (AvgIpc) is 3.04. The second-order valence-electron chi connectivity index (χ2n) is 8.58. The van der Waals surface area contributed by atoms with Gasteiger partial charge in [-0.05, 0) is 55.0 Å². The number of halogens is 1. The summed E-state index contributed by atoms with van der Waals surface area (Å²) in [5.74, 6) is 0.236. The molecule has 4 nitrogen and oxygen atoms in total. The van der Waals surface area contributed by atoms with E-state index in [1.807, 2.05) is 49.4 Å². The molecule has 2 aromatic carbocycles. The zero-order valence-electron chi connectivity index (χ0n) is 16.2. The van der Waals surface area contributed by atoms with Gasteiger partial charge in [-0.1, -0.05) is 43.6 Å². The summed E-state index contributed by atoms with van der Waals surface area (Å²) >= 11 is 6.17. The molecule has 0 spiro atoms. The van der Waals surface area contributed by atoms with Gasteiger partial charge in [0, 0.05) is 16.6 Å². The first-order valence-corrected chi connectivity index (χ1v) is 10.1. The maximum Gasteiger partial charge on any atom is 0.237 e. The van der Waals surface area contributed by atoms with Crippen LogP contribution in [0.1, 0.15) is 49.6 Å². The van der Waals surface area contributed by atoms with Gasteiger partial charge in [0.15, 0.2) is 0 Å². The van der Waals surface area contributed by atoms with Crippen molar-refractivity contribution in [2.75, 3.05) is 5.32 Å². The molecule has 0 aliphatic heterocycles. The van der Waals surface area contributed by atoms with Crippen molar-refractivity contribution in [2.45, 2.75) is 44.9 Å². The van der Waals surface area contributed by atoms with Gasteiger partial charge in [-0.2, -0.15) is 0 Å². The number of aromatic nitrogens is 2. The molecule has 5 heteroatoms. The van der Waals surface area contributed by atoms with Gasteiger partial charge < -0.3 is 5.32 Å². The molecule has 2 aliphatic rings. The maximum atomic E-state index is 13.8. The number of para-hydroxylation sites is 2. The minimum atomic E-state index is -0.682. The number of anilines is 1. The molecule has 3 aromatic rings. The third-order valence-electron chi connectivity index (χ3n) is 6.95. The molecular formula is C23H22ClN3O. The molecule has 5 rings (SSSR count). The molecule has 1 saturated carbocycles. The molecule has 142 valence electrons. The molecule has 0 radical (unpaired) electrons. The number of nitrogens with one attached hydrogen (secondary N) is 1. The molecule has 1 heterocycles. The highest BCUT2D eigenvalue weighted by Crippen LogP contribution is 2.67. The quantitative estimate of drug-likeness (QED) is 0.637. The summed E-state index contributed by atoms with van der Waals surface area (Å²) in [5.41, 5.74) is 4.40. The Morgan fingerprint density at radius 2 is 1.86 bits per heavy atom.